The summed E-state index contributed by atoms with van der Waals surface area (Å²) in [7, 11) is -1.93. The number of rotatable bonds is 4. The Balaban J connectivity index is 1.90. The van der Waals surface area contributed by atoms with Crippen molar-refractivity contribution in [2.45, 2.75) is 44.2 Å². The number of hydrogen-bond donors (Lipinski definition) is 0. The van der Waals surface area contributed by atoms with E-state index < -0.39 is 7.14 Å². The fraction of sp³-hybridized carbons (Fsp3) is 0.600. The van der Waals surface area contributed by atoms with Crippen molar-refractivity contribution in [3.8, 4) is 0 Å². The van der Waals surface area contributed by atoms with Gasteiger partial charge in [0.1, 0.15) is 0 Å². The van der Waals surface area contributed by atoms with Crippen molar-refractivity contribution in [2.24, 2.45) is 0 Å². The largest absolute Gasteiger partial charge is 0.324 e. The summed E-state index contributed by atoms with van der Waals surface area (Å²) in [5.41, 5.74) is 1.84. The minimum Gasteiger partial charge on any atom is -0.324 e. The summed E-state index contributed by atoms with van der Waals surface area (Å²) in [6, 6.07) is 10.4. The molecule has 0 saturated heterocycles. The van der Waals surface area contributed by atoms with E-state index >= 15 is 0 Å². The third-order valence-corrected chi connectivity index (χ3v) is 7.21. The lowest BCUT2D eigenvalue weighted by Crippen LogP contribution is -2.15. The van der Waals surface area contributed by atoms with E-state index in [1.165, 1.54) is 37.7 Å². The van der Waals surface area contributed by atoms with E-state index in [-0.39, 0.29) is 0 Å². The molecule has 1 aliphatic rings. The molecule has 1 saturated carbocycles. The van der Waals surface area contributed by atoms with Crippen molar-refractivity contribution in [3.63, 3.8) is 0 Å². The average molecular weight is 250 g/mol. The van der Waals surface area contributed by atoms with Gasteiger partial charge in [0.15, 0.2) is 0 Å². The van der Waals surface area contributed by atoms with Crippen LogP contribution in [0.4, 0.5) is 0 Å². The molecule has 2 rings (SSSR count). The van der Waals surface area contributed by atoms with Crippen molar-refractivity contribution >= 4 is 7.14 Å². The van der Waals surface area contributed by atoms with E-state index in [1.54, 1.807) is 0 Å². The summed E-state index contributed by atoms with van der Waals surface area (Å²) in [4.78, 5) is 0. The molecule has 1 aromatic rings. The first kappa shape index (κ1) is 12.9. The van der Waals surface area contributed by atoms with E-state index in [4.69, 9.17) is 0 Å². The van der Waals surface area contributed by atoms with Gasteiger partial charge in [-0.05, 0) is 31.5 Å². The molecule has 0 radical (unpaired) electrons. The highest BCUT2D eigenvalue weighted by Gasteiger charge is 2.28. The summed E-state index contributed by atoms with van der Waals surface area (Å²) in [6.45, 7) is 2.03. The second kappa shape index (κ2) is 5.87. The van der Waals surface area contributed by atoms with Gasteiger partial charge in [0.2, 0.25) is 0 Å². The molecule has 0 N–H and O–H groups in total. The molecule has 0 heterocycles. The van der Waals surface area contributed by atoms with Crippen molar-refractivity contribution in [1.29, 1.82) is 0 Å². The van der Waals surface area contributed by atoms with Crippen LogP contribution in [0.5, 0.6) is 0 Å². The minimum atomic E-state index is -1.93. The van der Waals surface area contributed by atoms with Crippen LogP contribution in [-0.2, 0) is 11.0 Å². The smallest absolute Gasteiger partial charge is 0.0880 e. The van der Waals surface area contributed by atoms with Crippen molar-refractivity contribution in [2.75, 3.05) is 12.8 Å². The maximum atomic E-state index is 12.7. The molecule has 1 aliphatic carbocycles. The Morgan fingerprint density at radius 1 is 1.12 bits per heavy atom. The van der Waals surface area contributed by atoms with E-state index in [0.717, 1.165) is 12.6 Å². The molecule has 2 heteroatoms. The number of hydrogen-bond acceptors (Lipinski definition) is 1. The normalized spacial score (nSPS) is 21.0. The van der Waals surface area contributed by atoms with Crippen molar-refractivity contribution < 1.29 is 4.57 Å². The van der Waals surface area contributed by atoms with E-state index in [9.17, 15) is 4.57 Å². The SMILES string of the molecule is C[P@@](=O)(CCc1ccccc1)C1CCCCC1. The lowest BCUT2D eigenvalue weighted by molar-refractivity contribution is 0.484. The van der Waals surface area contributed by atoms with E-state index in [0.29, 0.717) is 5.66 Å². The quantitative estimate of drug-likeness (QED) is 0.716. The molecule has 0 spiro atoms. The van der Waals surface area contributed by atoms with E-state index in [1.807, 2.05) is 12.7 Å². The molecule has 0 bridgehead atoms. The van der Waals surface area contributed by atoms with Crippen LogP contribution in [0, 0.1) is 0 Å². The van der Waals surface area contributed by atoms with Gasteiger partial charge in [0, 0.05) is 11.8 Å². The summed E-state index contributed by atoms with van der Waals surface area (Å²) >= 11 is 0. The standard InChI is InChI=1S/C15H23OP/c1-17(16,15-10-6-3-7-11-15)13-12-14-8-4-2-5-9-14/h2,4-5,8-9,15H,3,6-7,10-13H2,1H3/t17-/m1/s1. The maximum absolute atomic E-state index is 12.7. The first-order valence-electron chi connectivity index (χ1n) is 6.78. The first-order chi connectivity index (χ1) is 8.18. The van der Waals surface area contributed by atoms with Crippen LogP contribution in [0.1, 0.15) is 37.7 Å². The Kier molecular flexibility index (Phi) is 4.45. The number of benzene rings is 1. The maximum Gasteiger partial charge on any atom is 0.0880 e. The van der Waals surface area contributed by atoms with Gasteiger partial charge in [0.05, 0.1) is 7.14 Å². The Bertz CT molecular complexity index is 379. The molecular formula is C15H23OP. The molecule has 1 atom stereocenters. The second-order valence-electron chi connectivity index (χ2n) is 5.43. The molecule has 17 heavy (non-hydrogen) atoms. The fourth-order valence-corrected chi connectivity index (χ4v) is 5.33. The van der Waals surface area contributed by atoms with Gasteiger partial charge >= 0.3 is 0 Å². The van der Waals surface area contributed by atoms with Gasteiger partial charge in [-0.25, -0.2) is 0 Å². The third-order valence-electron chi connectivity index (χ3n) is 4.03. The Morgan fingerprint density at radius 3 is 2.41 bits per heavy atom. The van der Waals surface area contributed by atoms with E-state index in [2.05, 4.69) is 24.3 Å². The Morgan fingerprint density at radius 2 is 1.76 bits per heavy atom. The van der Waals surface area contributed by atoms with Crippen LogP contribution < -0.4 is 0 Å². The highest BCUT2D eigenvalue weighted by molar-refractivity contribution is 7.63. The highest BCUT2D eigenvalue weighted by atomic mass is 31.2. The topological polar surface area (TPSA) is 17.1 Å². The summed E-state index contributed by atoms with van der Waals surface area (Å²) in [6.07, 6.45) is 8.18. The molecule has 1 nitrogen and oxygen atoms in total. The summed E-state index contributed by atoms with van der Waals surface area (Å²) < 4.78 is 12.7. The molecule has 0 amide bonds. The van der Waals surface area contributed by atoms with Gasteiger partial charge in [-0.1, -0.05) is 49.6 Å². The second-order valence-corrected chi connectivity index (χ2v) is 8.95. The molecule has 0 unspecified atom stereocenters. The highest BCUT2D eigenvalue weighted by Crippen LogP contribution is 2.52. The van der Waals surface area contributed by atoms with Crippen LogP contribution >= 0.6 is 7.14 Å². The summed E-state index contributed by atoms with van der Waals surface area (Å²) in [5.74, 6) is 0. The van der Waals surface area contributed by atoms with Gasteiger partial charge in [0.25, 0.3) is 0 Å². The van der Waals surface area contributed by atoms with Gasteiger partial charge in [-0.15, -0.1) is 0 Å². The van der Waals surface area contributed by atoms with Gasteiger partial charge in [-0.3, -0.25) is 0 Å². The fourth-order valence-electron chi connectivity index (χ4n) is 2.81. The monoisotopic (exact) mass is 250 g/mol. The molecule has 0 aliphatic heterocycles. The molecule has 1 fully saturated rings. The lowest BCUT2D eigenvalue weighted by atomic mass is 10.0. The Labute approximate surface area is 105 Å². The average Bonchev–Trinajstić information content (AvgIpc) is 2.39. The van der Waals surface area contributed by atoms with Crippen LogP contribution in [0.15, 0.2) is 30.3 Å². The van der Waals surface area contributed by atoms with Gasteiger partial charge < -0.3 is 4.57 Å². The van der Waals surface area contributed by atoms with Crippen molar-refractivity contribution in [3.05, 3.63) is 35.9 Å². The zero-order chi connectivity index (χ0) is 12.1. The predicted octanol–water partition coefficient (Wildman–Crippen LogP) is 4.55. The molecule has 94 valence electrons. The third kappa shape index (κ3) is 3.71. The van der Waals surface area contributed by atoms with Crippen LogP contribution in [0.2, 0.25) is 0 Å². The molecular weight excluding hydrogens is 227 g/mol. The lowest BCUT2D eigenvalue weighted by Gasteiger charge is -2.28. The summed E-state index contributed by atoms with van der Waals surface area (Å²) in [5, 5.41) is 0. The zero-order valence-electron chi connectivity index (χ0n) is 10.8. The van der Waals surface area contributed by atoms with Crippen LogP contribution in [0.3, 0.4) is 0 Å². The predicted molar refractivity (Wildman–Crippen MR) is 75.4 cm³/mol. The van der Waals surface area contributed by atoms with Crippen LogP contribution in [0.25, 0.3) is 0 Å². The van der Waals surface area contributed by atoms with Crippen molar-refractivity contribution in [1.82, 2.24) is 0 Å². The molecule has 1 aromatic carbocycles. The van der Waals surface area contributed by atoms with Gasteiger partial charge in [-0.2, -0.15) is 0 Å². The Hall–Kier alpha value is -0.550. The first-order valence-corrected chi connectivity index (χ1v) is 9.19. The molecule has 0 aromatic heterocycles. The minimum absolute atomic E-state index is 0.514. The number of aryl methyl sites for hydroxylation is 1. The van der Waals surface area contributed by atoms with Crippen LogP contribution in [-0.4, -0.2) is 18.5 Å². The zero-order valence-corrected chi connectivity index (χ0v) is 11.7.